The summed E-state index contributed by atoms with van der Waals surface area (Å²) in [5.74, 6) is 0.247. The van der Waals surface area contributed by atoms with Crippen LogP contribution in [0.15, 0.2) is 46.9 Å². The minimum Gasteiger partial charge on any atom is -0.507 e. The summed E-state index contributed by atoms with van der Waals surface area (Å²) in [4.78, 5) is 4.54. The molecule has 3 rings (SSSR count). The first-order valence-electron chi connectivity index (χ1n) is 5.74. The standard InChI is InChI=1S/C15H10BrNOS/c16-11-9-10(5-7-13(11)18)6-8-15-17-12-3-1-2-4-14(12)19-15/h1-9,18H/b8-6+. The van der Waals surface area contributed by atoms with Crippen LogP contribution in [-0.4, -0.2) is 10.1 Å². The van der Waals surface area contributed by atoms with Crippen molar-refractivity contribution in [2.45, 2.75) is 0 Å². The first kappa shape index (κ1) is 12.4. The summed E-state index contributed by atoms with van der Waals surface area (Å²) >= 11 is 4.97. The molecular formula is C15H10BrNOS. The second-order valence-corrected chi connectivity index (χ2v) is 5.98. The topological polar surface area (TPSA) is 33.1 Å². The van der Waals surface area contributed by atoms with E-state index in [4.69, 9.17) is 0 Å². The third kappa shape index (κ3) is 2.69. The Kier molecular flexibility index (Phi) is 3.36. The van der Waals surface area contributed by atoms with Crippen LogP contribution in [-0.2, 0) is 0 Å². The van der Waals surface area contributed by atoms with Gasteiger partial charge in [0.25, 0.3) is 0 Å². The monoisotopic (exact) mass is 331 g/mol. The molecule has 1 heterocycles. The van der Waals surface area contributed by atoms with Gasteiger partial charge in [-0.3, -0.25) is 0 Å². The zero-order valence-electron chi connectivity index (χ0n) is 9.88. The van der Waals surface area contributed by atoms with E-state index in [1.807, 2.05) is 42.5 Å². The maximum atomic E-state index is 9.44. The van der Waals surface area contributed by atoms with Crippen LogP contribution in [0.25, 0.3) is 22.4 Å². The molecule has 0 saturated carbocycles. The summed E-state index contributed by atoms with van der Waals surface area (Å²) in [6.45, 7) is 0. The van der Waals surface area contributed by atoms with Gasteiger partial charge in [-0.1, -0.05) is 24.3 Å². The first-order valence-corrected chi connectivity index (χ1v) is 7.35. The molecule has 2 aromatic carbocycles. The van der Waals surface area contributed by atoms with Crippen LogP contribution in [0.3, 0.4) is 0 Å². The highest BCUT2D eigenvalue weighted by molar-refractivity contribution is 9.10. The molecular weight excluding hydrogens is 322 g/mol. The van der Waals surface area contributed by atoms with E-state index in [0.717, 1.165) is 16.1 Å². The molecule has 0 spiro atoms. The van der Waals surface area contributed by atoms with E-state index >= 15 is 0 Å². The van der Waals surface area contributed by atoms with Gasteiger partial charge in [-0.2, -0.15) is 0 Å². The molecule has 94 valence electrons. The molecule has 0 bridgehead atoms. The second kappa shape index (κ2) is 5.15. The fraction of sp³-hybridized carbons (Fsp3) is 0. The lowest BCUT2D eigenvalue weighted by Gasteiger charge is -1.97. The maximum Gasteiger partial charge on any atom is 0.129 e. The number of rotatable bonds is 2. The van der Waals surface area contributed by atoms with Crippen molar-refractivity contribution >= 4 is 49.6 Å². The molecule has 0 fully saturated rings. The number of aromatic nitrogens is 1. The van der Waals surface area contributed by atoms with Crippen molar-refractivity contribution in [2.24, 2.45) is 0 Å². The number of nitrogens with zero attached hydrogens (tertiary/aromatic N) is 1. The smallest absolute Gasteiger partial charge is 0.129 e. The molecule has 0 aliphatic rings. The van der Waals surface area contributed by atoms with Gasteiger partial charge >= 0.3 is 0 Å². The van der Waals surface area contributed by atoms with Gasteiger partial charge in [0.2, 0.25) is 0 Å². The number of phenolic OH excluding ortho intramolecular Hbond substituents is 1. The summed E-state index contributed by atoms with van der Waals surface area (Å²) in [5.41, 5.74) is 2.04. The highest BCUT2D eigenvalue weighted by Gasteiger charge is 2.00. The largest absolute Gasteiger partial charge is 0.507 e. The number of hydrogen-bond acceptors (Lipinski definition) is 3. The molecule has 0 aliphatic heterocycles. The average Bonchev–Trinajstić information content (AvgIpc) is 2.83. The molecule has 3 aromatic rings. The van der Waals surface area contributed by atoms with Crippen molar-refractivity contribution in [3.8, 4) is 5.75 Å². The number of hydrogen-bond donors (Lipinski definition) is 1. The van der Waals surface area contributed by atoms with Crippen LogP contribution in [0.2, 0.25) is 0 Å². The van der Waals surface area contributed by atoms with Crippen molar-refractivity contribution in [1.29, 1.82) is 0 Å². The number of para-hydroxylation sites is 1. The number of halogens is 1. The summed E-state index contributed by atoms with van der Waals surface area (Å²) in [5, 5.41) is 10.4. The fourth-order valence-electron chi connectivity index (χ4n) is 1.76. The molecule has 4 heteroatoms. The Bertz CT molecular complexity index is 731. The van der Waals surface area contributed by atoms with Crippen molar-refractivity contribution < 1.29 is 5.11 Å². The van der Waals surface area contributed by atoms with Gasteiger partial charge in [-0.25, -0.2) is 4.98 Å². The molecule has 0 atom stereocenters. The molecule has 0 saturated heterocycles. The predicted molar refractivity (Wildman–Crippen MR) is 84.4 cm³/mol. The van der Waals surface area contributed by atoms with Gasteiger partial charge in [-0.15, -0.1) is 11.3 Å². The normalized spacial score (nSPS) is 11.4. The predicted octanol–water partition coefficient (Wildman–Crippen LogP) is 4.93. The number of aromatic hydroxyl groups is 1. The first-order chi connectivity index (χ1) is 9.22. The summed E-state index contributed by atoms with van der Waals surface area (Å²) in [6.07, 6.45) is 3.98. The average molecular weight is 332 g/mol. The van der Waals surface area contributed by atoms with Gasteiger partial charge in [0, 0.05) is 0 Å². The highest BCUT2D eigenvalue weighted by atomic mass is 79.9. The van der Waals surface area contributed by atoms with Gasteiger partial charge < -0.3 is 5.11 Å². The molecule has 1 N–H and O–H groups in total. The lowest BCUT2D eigenvalue weighted by Crippen LogP contribution is -1.74. The van der Waals surface area contributed by atoms with Gasteiger partial charge in [0.1, 0.15) is 10.8 Å². The number of fused-ring (bicyclic) bond motifs is 1. The van der Waals surface area contributed by atoms with Crippen LogP contribution in [0.5, 0.6) is 5.75 Å². The van der Waals surface area contributed by atoms with Gasteiger partial charge in [0.05, 0.1) is 14.7 Å². The zero-order valence-corrected chi connectivity index (χ0v) is 12.3. The van der Waals surface area contributed by atoms with Gasteiger partial charge in [0.15, 0.2) is 0 Å². The second-order valence-electron chi connectivity index (χ2n) is 4.06. The van der Waals surface area contributed by atoms with E-state index in [0.29, 0.717) is 4.47 Å². The van der Waals surface area contributed by atoms with Crippen molar-refractivity contribution in [3.05, 3.63) is 57.5 Å². The Hall–Kier alpha value is -1.65. The minimum atomic E-state index is 0.247. The van der Waals surface area contributed by atoms with Crippen LogP contribution in [0.1, 0.15) is 10.6 Å². The Morgan fingerprint density at radius 3 is 2.74 bits per heavy atom. The maximum absolute atomic E-state index is 9.44. The SMILES string of the molecule is Oc1ccc(/C=C/c2nc3ccccc3s2)cc1Br. The van der Waals surface area contributed by atoms with Crippen LogP contribution in [0, 0.1) is 0 Å². The lowest BCUT2D eigenvalue weighted by atomic mass is 10.2. The minimum absolute atomic E-state index is 0.247. The third-order valence-electron chi connectivity index (χ3n) is 2.70. The number of thiazole rings is 1. The molecule has 0 amide bonds. The van der Waals surface area contributed by atoms with E-state index in [9.17, 15) is 5.11 Å². The Balaban J connectivity index is 1.91. The van der Waals surface area contributed by atoms with E-state index in [2.05, 4.69) is 27.0 Å². The van der Waals surface area contributed by atoms with Crippen LogP contribution >= 0.6 is 27.3 Å². The Morgan fingerprint density at radius 1 is 1.11 bits per heavy atom. The molecule has 1 aromatic heterocycles. The summed E-state index contributed by atoms with van der Waals surface area (Å²) in [6, 6.07) is 13.5. The van der Waals surface area contributed by atoms with E-state index in [1.165, 1.54) is 4.70 Å². The Labute approximate surface area is 123 Å². The van der Waals surface area contributed by atoms with E-state index < -0.39 is 0 Å². The highest BCUT2D eigenvalue weighted by Crippen LogP contribution is 2.26. The van der Waals surface area contributed by atoms with Crippen molar-refractivity contribution in [2.75, 3.05) is 0 Å². The quantitative estimate of drug-likeness (QED) is 0.721. The zero-order chi connectivity index (χ0) is 13.2. The van der Waals surface area contributed by atoms with Crippen molar-refractivity contribution in [1.82, 2.24) is 4.98 Å². The van der Waals surface area contributed by atoms with Gasteiger partial charge in [-0.05, 0) is 51.8 Å². The molecule has 19 heavy (non-hydrogen) atoms. The summed E-state index contributed by atoms with van der Waals surface area (Å²) < 4.78 is 1.88. The molecule has 0 radical (unpaired) electrons. The molecule has 2 nitrogen and oxygen atoms in total. The molecule has 0 aliphatic carbocycles. The third-order valence-corrected chi connectivity index (χ3v) is 4.34. The fourth-order valence-corrected chi connectivity index (χ4v) is 3.02. The molecule has 0 unspecified atom stereocenters. The number of phenols is 1. The van der Waals surface area contributed by atoms with Crippen LogP contribution < -0.4 is 0 Å². The van der Waals surface area contributed by atoms with E-state index in [-0.39, 0.29) is 5.75 Å². The lowest BCUT2D eigenvalue weighted by molar-refractivity contribution is 0.472. The Morgan fingerprint density at radius 2 is 1.95 bits per heavy atom. The van der Waals surface area contributed by atoms with Crippen molar-refractivity contribution in [3.63, 3.8) is 0 Å². The number of benzene rings is 2. The summed E-state index contributed by atoms with van der Waals surface area (Å²) in [7, 11) is 0. The van der Waals surface area contributed by atoms with Crippen LogP contribution in [0.4, 0.5) is 0 Å². The van der Waals surface area contributed by atoms with E-state index in [1.54, 1.807) is 17.4 Å².